The molecule has 9 heteroatoms. The van der Waals surface area contributed by atoms with E-state index in [9.17, 15) is 13.2 Å². The first-order chi connectivity index (χ1) is 19.6. The van der Waals surface area contributed by atoms with Crippen molar-refractivity contribution in [1.82, 2.24) is 4.72 Å². The second kappa shape index (κ2) is 11.5. The van der Waals surface area contributed by atoms with Crippen LogP contribution in [0.25, 0.3) is 0 Å². The molecule has 1 saturated heterocycles. The van der Waals surface area contributed by atoms with Crippen molar-refractivity contribution in [3.63, 3.8) is 0 Å². The number of aryl methyl sites for hydroxylation is 1. The van der Waals surface area contributed by atoms with Crippen molar-refractivity contribution < 1.29 is 22.7 Å². The van der Waals surface area contributed by atoms with Crippen LogP contribution < -0.4 is 9.46 Å². The van der Waals surface area contributed by atoms with Crippen LogP contribution in [0.4, 0.5) is 0 Å². The summed E-state index contributed by atoms with van der Waals surface area (Å²) in [7, 11) is -4.11. The predicted octanol–water partition coefficient (Wildman–Crippen LogP) is 7.66. The Morgan fingerprint density at radius 3 is 2.21 bits per heavy atom. The third kappa shape index (κ3) is 6.49. The molecule has 2 aliphatic heterocycles. The van der Waals surface area contributed by atoms with Crippen LogP contribution in [-0.2, 0) is 31.4 Å². The Morgan fingerprint density at radius 2 is 1.60 bits per heavy atom. The Bertz CT molecular complexity index is 1560. The van der Waals surface area contributed by atoms with Gasteiger partial charge in [0.05, 0.1) is 23.0 Å². The number of halogens is 2. The van der Waals surface area contributed by atoms with Crippen molar-refractivity contribution in [2.75, 3.05) is 0 Å². The third-order valence-corrected chi connectivity index (χ3v) is 10.3. The number of carbonyl (C=O) groups is 1. The Hall–Kier alpha value is -2.58. The zero-order chi connectivity index (χ0) is 30.4. The van der Waals surface area contributed by atoms with Crippen LogP contribution in [0.2, 0.25) is 10.0 Å². The molecule has 6 nitrogen and oxygen atoms in total. The molecule has 224 valence electrons. The quantitative estimate of drug-likeness (QED) is 0.303. The summed E-state index contributed by atoms with van der Waals surface area (Å²) in [6, 6.07) is 19.6. The van der Waals surface area contributed by atoms with Gasteiger partial charge in [0.15, 0.2) is 0 Å². The number of carbonyl (C=O) groups excluding carboxylic acids is 1. The Labute approximate surface area is 258 Å². The van der Waals surface area contributed by atoms with E-state index < -0.39 is 33.6 Å². The van der Waals surface area contributed by atoms with Crippen molar-refractivity contribution >= 4 is 39.1 Å². The summed E-state index contributed by atoms with van der Waals surface area (Å²) in [5.41, 5.74) is 2.47. The van der Waals surface area contributed by atoms with E-state index >= 15 is 0 Å². The number of amides is 1. The first-order valence-electron chi connectivity index (χ1n) is 14.2. The molecule has 3 aromatic rings. The van der Waals surface area contributed by atoms with Crippen LogP contribution in [0.15, 0.2) is 71.6 Å². The maximum absolute atomic E-state index is 13.8. The highest BCUT2D eigenvalue weighted by molar-refractivity contribution is 7.90. The first-order valence-corrected chi connectivity index (χ1v) is 16.4. The van der Waals surface area contributed by atoms with Crippen LogP contribution in [0.3, 0.4) is 0 Å². The molecule has 2 aliphatic rings. The number of hydrogen-bond acceptors (Lipinski definition) is 5. The normalized spacial score (nSPS) is 23.3. The number of ether oxygens (including phenoxy) is 2. The fourth-order valence-electron chi connectivity index (χ4n) is 5.93. The van der Waals surface area contributed by atoms with Gasteiger partial charge >= 0.3 is 0 Å². The van der Waals surface area contributed by atoms with Crippen LogP contribution in [-0.4, -0.2) is 26.0 Å². The van der Waals surface area contributed by atoms with Gasteiger partial charge in [0, 0.05) is 21.5 Å². The standard InChI is InChI=1S/C33H37Cl2NO5S/c1-32(2,3)21-9-16-25-29(18-21)41-33(4,5)27-19-26(31(37)36-42(38,39)24-14-12-23(35)13-15-24)28(40-30(25)27)17-8-20-6-10-22(34)11-7-20/h6-7,9-16,18,26-28,30H,8,17,19H2,1-5H3,(H,36,37)/t26-,27-,28-,30+/m0/s1. The molecular formula is C33H37Cl2NO5S. The molecule has 3 aromatic carbocycles. The summed E-state index contributed by atoms with van der Waals surface area (Å²) in [5, 5.41) is 1.06. The molecule has 0 aromatic heterocycles. The maximum Gasteiger partial charge on any atom is 0.264 e. The highest BCUT2D eigenvalue weighted by Crippen LogP contribution is 2.53. The number of sulfonamides is 1. The summed E-state index contributed by atoms with van der Waals surface area (Å²) < 4.78 is 42.0. The van der Waals surface area contributed by atoms with E-state index in [0.717, 1.165) is 22.4 Å². The Kier molecular flexibility index (Phi) is 8.45. The van der Waals surface area contributed by atoms with Gasteiger partial charge in [-0.1, -0.05) is 68.2 Å². The molecular weight excluding hydrogens is 593 g/mol. The lowest BCUT2D eigenvalue weighted by molar-refractivity contribution is -0.179. The smallest absolute Gasteiger partial charge is 0.264 e. The third-order valence-electron chi connectivity index (χ3n) is 8.42. The molecule has 0 spiro atoms. The van der Waals surface area contributed by atoms with E-state index in [1.807, 2.05) is 38.1 Å². The minimum Gasteiger partial charge on any atom is -0.487 e. The number of hydrogen-bond donors (Lipinski definition) is 1. The van der Waals surface area contributed by atoms with Crippen LogP contribution in [0, 0.1) is 11.8 Å². The molecule has 1 fully saturated rings. The van der Waals surface area contributed by atoms with Gasteiger partial charge in [-0.15, -0.1) is 0 Å². The van der Waals surface area contributed by atoms with Gasteiger partial charge in [0.1, 0.15) is 11.4 Å². The van der Waals surface area contributed by atoms with Gasteiger partial charge in [-0.3, -0.25) is 4.79 Å². The van der Waals surface area contributed by atoms with Crippen molar-refractivity contribution in [2.45, 2.75) is 82.0 Å². The summed E-state index contributed by atoms with van der Waals surface area (Å²) in [6.07, 6.45) is 0.755. The van der Waals surface area contributed by atoms with Crippen molar-refractivity contribution in [3.8, 4) is 5.75 Å². The summed E-state index contributed by atoms with van der Waals surface area (Å²) in [5.74, 6) is -0.683. The topological polar surface area (TPSA) is 81.7 Å². The molecule has 4 atom stereocenters. The molecule has 1 N–H and O–H groups in total. The van der Waals surface area contributed by atoms with Crippen molar-refractivity contribution in [1.29, 1.82) is 0 Å². The molecule has 0 radical (unpaired) electrons. The molecule has 0 saturated carbocycles. The summed E-state index contributed by atoms with van der Waals surface area (Å²) in [4.78, 5) is 13.7. The van der Waals surface area contributed by atoms with E-state index in [4.69, 9.17) is 32.7 Å². The fourth-order valence-corrected chi connectivity index (χ4v) is 7.22. The molecule has 0 unspecified atom stereocenters. The number of rotatable bonds is 6. The van der Waals surface area contributed by atoms with Gasteiger partial charge in [0.2, 0.25) is 5.91 Å². The highest BCUT2D eigenvalue weighted by atomic mass is 35.5. The second-order valence-corrected chi connectivity index (χ2v) is 15.4. The van der Waals surface area contributed by atoms with E-state index in [1.165, 1.54) is 24.3 Å². The van der Waals surface area contributed by atoms with Gasteiger partial charge in [-0.2, -0.15) is 0 Å². The van der Waals surface area contributed by atoms with E-state index in [2.05, 4.69) is 43.7 Å². The zero-order valence-electron chi connectivity index (χ0n) is 24.5. The number of nitrogens with one attached hydrogen (secondary N) is 1. The summed E-state index contributed by atoms with van der Waals surface area (Å²) >= 11 is 12.0. The predicted molar refractivity (Wildman–Crippen MR) is 166 cm³/mol. The maximum atomic E-state index is 13.8. The fraction of sp³-hybridized carbons (Fsp3) is 0.424. The van der Waals surface area contributed by atoms with Gasteiger partial charge in [-0.05, 0) is 92.1 Å². The molecule has 5 rings (SSSR count). The Balaban J connectivity index is 1.46. The van der Waals surface area contributed by atoms with Crippen molar-refractivity contribution in [2.24, 2.45) is 11.8 Å². The molecule has 0 bridgehead atoms. The lowest BCUT2D eigenvalue weighted by Gasteiger charge is -2.51. The van der Waals surface area contributed by atoms with E-state index in [1.54, 1.807) is 0 Å². The van der Waals surface area contributed by atoms with Gasteiger partial charge in [-0.25, -0.2) is 13.1 Å². The van der Waals surface area contributed by atoms with E-state index in [-0.39, 0.29) is 22.3 Å². The second-order valence-electron chi connectivity index (χ2n) is 12.8. The lowest BCUT2D eigenvalue weighted by atomic mass is 9.70. The highest BCUT2D eigenvalue weighted by Gasteiger charge is 2.52. The first kappa shape index (κ1) is 30.9. The van der Waals surface area contributed by atoms with Gasteiger partial charge in [0.25, 0.3) is 10.0 Å². The van der Waals surface area contributed by atoms with Gasteiger partial charge < -0.3 is 9.47 Å². The largest absolute Gasteiger partial charge is 0.487 e. The Morgan fingerprint density at radius 1 is 0.976 bits per heavy atom. The molecule has 42 heavy (non-hydrogen) atoms. The number of fused-ring (bicyclic) bond motifs is 3. The monoisotopic (exact) mass is 629 g/mol. The molecule has 0 aliphatic carbocycles. The van der Waals surface area contributed by atoms with Crippen LogP contribution in [0.1, 0.15) is 70.3 Å². The average molecular weight is 631 g/mol. The molecule has 2 heterocycles. The minimum absolute atomic E-state index is 0.0301. The van der Waals surface area contributed by atoms with Crippen LogP contribution in [0.5, 0.6) is 5.75 Å². The number of benzene rings is 3. The molecule has 1 amide bonds. The van der Waals surface area contributed by atoms with E-state index in [0.29, 0.717) is 29.3 Å². The zero-order valence-corrected chi connectivity index (χ0v) is 26.8. The average Bonchev–Trinajstić information content (AvgIpc) is 2.91. The van der Waals surface area contributed by atoms with Crippen molar-refractivity contribution in [3.05, 3.63) is 93.5 Å². The van der Waals surface area contributed by atoms with Crippen LogP contribution >= 0.6 is 23.2 Å². The SMILES string of the molecule is CC(C)(C)c1ccc2c(c1)OC(C)(C)[C@H]1C[C@H](C(=O)NS(=O)(=O)c3ccc(Cl)cc3)[C@H](CCc3ccc(Cl)cc3)O[C@H]21. The lowest BCUT2D eigenvalue weighted by Crippen LogP contribution is -2.54. The minimum atomic E-state index is -4.11. The summed E-state index contributed by atoms with van der Waals surface area (Å²) in [6.45, 7) is 10.5.